The molecule has 0 atom stereocenters. The monoisotopic (exact) mass is 274 g/mol. The topological polar surface area (TPSA) is 72.2 Å². The van der Waals surface area contributed by atoms with Crippen LogP contribution in [-0.2, 0) is 10.0 Å². The third-order valence-electron chi connectivity index (χ3n) is 3.03. The van der Waals surface area contributed by atoms with E-state index in [4.69, 9.17) is 17.3 Å². The smallest absolute Gasteiger partial charge is 0.235 e. The van der Waals surface area contributed by atoms with E-state index in [1.54, 1.807) is 18.2 Å². The zero-order chi connectivity index (χ0) is 12.5. The Labute approximate surface area is 106 Å². The number of hydrogen-bond donors (Lipinski definition) is 2. The molecule has 0 saturated heterocycles. The summed E-state index contributed by atoms with van der Waals surface area (Å²) >= 11 is 5.94. The number of rotatable bonds is 3. The molecular weight excluding hydrogens is 260 g/mol. The number of sulfonamides is 1. The Kier molecular flexibility index (Phi) is 3.49. The number of halogens is 1. The van der Waals surface area contributed by atoms with E-state index in [0.29, 0.717) is 29.2 Å². The molecule has 1 saturated carbocycles. The fourth-order valence-corrected chi connectivity index (χ4v) is 3.99. The predicted molar refractivity (Wildman–Crippen MR) is 70.7 cm³/mol. The van der Waals surface area contributed by atoms with Crippen LogP contribution in [0, 0.1) is 0 Å². The Balaban J connectivity index is 2.26. The quantitative estimate of drug-likeness (QED) is 0.832. The molecule has 1 aromatic carbocycles. The maximum atomic E-state index is 12.1. The molecular formula is C11H15ClN2O2S. The van der Waals surface area contributed by atoms with E-state index in [2.05, 4.69) is 4.72 Å². The number of nitrogens with one attached hydrogen (secondary N) is 1. The molecule has 1 aliphatic carbocycles. The van der Waals surface area contributed by atoms with E-state index >= 15 is 0 Å². The lowest BCUT2D eigenvalue weighted by atomic mass is 10.3. The van der Waals surface area contributed by atoms with Gasteiger partial charge in [0, 0.05) is 0 Å². The van der Waals surface area contributed by atoms with Gasteiger partial charge in [0.2, 0.25) is 10.0 Å². The number of hydrogen-bond acceptors (Lipinski definition) is 3. The molecule has 1 fully saturated rings. The van der Waals surface area contributed by atoms with E-state index in [0.717, 1.165) is 12.8 Å². The Morgan fingerprint density at radius 2 is 1.94 bits per heavy atom. The average molecular weight is 275 g/mol. The van der Waals surface area contributed by atoms with Crippen molar-refractivity contribution in [1.29, 1.82) is 0 Å². The Hall–Kier alpha value is -0.940. The average Bonchev–Trinajstić information content (AvgIpc) is 2.77. The van der Waals surface area contributed by atoms with Gasteiger partial charge in [-0.25, -0.2) is 8.42 Å². The summed E-state index contributed by atoms with van der Waals surface area (Å²) in [6.45, 7) is 0. The molecule has 3 N–H and O–H groups in total. The van der Waals surface area contributed by atoms with Gasteiger partial charge in [0.15, 0.2) is 0 Å². The second kappa shape index (κ2) is 4.74. The van der Waals surface area contributed by atoms with Crippen LogP contribution in [0.3, 0.4) is 0 Å². The molecule has 0 aliphatic heterocycles. The van der Waals surface area contributed by atoms with Crippen molar-refractivity contribution in [2.24, 2.45) is 0 Å². The molecule has 2 rings (SSSR count). The molecule has 94 valence electrons. The minimum atomic E-state index is -3.37. The first-order valence-corrected chi connectivity index (χ1v) is 7.49. The van der Waals surface area contributed by atoms with Gasteiger partial charge in [-0.05, 0) is 25.0 Å². The van der Waals surface area contributed by atoms with E-state index in [1.807, 2.05) is 0 Å². The normalized spacial score (nSPS) is 17.2. The highest BCUT2D eigenvalue weighted by molar-refractivity contribution is 7.93. The van der Waals surface area contributed by atoms with Crippen LogP contribution in [0.4, 0.5) is 11.4 Å². The molecule has 0 heterocycles. The van der Waals surface area contributed by atoms with Crippen LogP contribution in [0.25, 0.3) is 0 Å². The minimum absolute atomic E-state index is 0.293. The highest BCUT2D eigenvalue weighted by Crippen LogP contribution is 2.32. The molecule has 1 aromatic rings. The number of para-hydroxylation sites is 1. The number of nitrogen functional groups attached to an aromatic ring is 1. The fourth-order valence-electron chi connectivity index (χ4n) is 2.07. The van der Waals surface area contributed by atoms with Crippen LogP contribution in [0.1, 0.15) is 25.7 Å². The van der Waals surface area contributed by atoms with Crippen molar-refractivity contribution < 1.29 is 8.42 Å². The molecule has 0 spiro atoms. The van der Waals surface area contributed by atoms with Gasteiger partial charge in [-0.2, -0.15) is 0 Å². The highest BCUT2D eigenvalue weighted by Gasteiger charge is 2.29. The number of nitrogens with two attached hydrogens (primary N) is 1. The predicted octanol–water partition coefficient (Wildman–Crippen LogP) is 2.61. The van der Waals surface area contributed by atoms with Gasteiger partial charge >= 0.3 is 0 Å². The summed E-state index contributed by atoms with van der Waals surface area (Å²) in [7, 11) is -3.37. The summed E-state index contributed by atoms with van der Waals surface area (Å²) in [6.07, 6.45) is 3.34. The van der Waals surface area contributed by atoms with Gasteiger partial charge in [0.25, 0.3) is 0 Å². The molecule has 0 radical (unpaired) electrons. The molecule has 17 heavy (non-hydrogen) atoms. The molecule has 6 heteroatoms. The summed E-state index contributed by atoms with van der Waals surface area (Å²) < 4.78 is 26.7. The first-order valence-electron chi connectivity index (χ1n) is 5.56. The zero-order valence-electron chi connectivity index (χ0n) is 9.32. The van der Waals surface area contributed by atoms with E-state index in [1.165, 1.54) is 0 Å². The lowest BCUT2D eigenvalue weighted by Gasteiger charge is -2.15. The third-order valence-corrected chi connectivity index (χ3v) is 5.18. The van der Waals surface area contributed by atoms with Gasteiger partial charge in [-0.3, -0.25) is 4.72 Å². The van der Waals surface area contributed by atoms with Gasteiger partial charge in [0.1, 0.15) is 0 Å². The van der Waals surface area contributed by atoms with E-state index in [-0.39, 0.29) is 5.25 Å². The number of benzene rings is 1. The first-order chi connectivity index (χ1) is 8.00. The van der Waals surface area contributed by atoms with Gasteiger partial charge in [-0.15, -0.1) is 0 Å². The summed E-state index contributed by atoms with van der Waals surface area (Å²) in [4.78, 5) is 0. The molecule has 4 nitrogen and oxygen atoms in total. The maximum absolute atomic E-state index is 12.1. The van der Waals surface area contributed by atoms with Crippen LogP contribution in [0.5, 0.6) is 0 Å². The number of anilines is 2. The SMILES string of the molecule is Nc1cccc(Cl)c1NS(=O)(=O)C1CCCC1. The maximum Gasteiger partial charge on any atom is 0.235 e. The van der Waals surface area contributed by atoms with Crippen LogP contribution in [0.15, 0.2) is 18.2 Å². The molecule has 0 aromatic heterocycles. The van der Waals surface area contributed by atoms with Crippen molar-refractivity contribution in [3.8, 4) is 0 Å². The Morgan fingerprint density at radius 3 is 2.53 bits per heavy atom. The van der Waals surface area contributed by atoms with Crippen LogP contribution in [-0.4, -0.2) is 13.7 Å². The van der Waals surface area contributed by atoms with Crippen molar-refractivity contribution in [3.05, 3.63) is 23.2 Å². The van der Waals surface area contributed by atoms with Gasteiger partial charge in [0.05, 0.1) is 21.6 Å². The van der Waals surface area contributed by atoms with Gasteiger partial charge < -0.3 is 5.73 Å². The van der Waals surface area contributed by atoms with Crippen LogP contribution >= 0.6 is 11.6 Å². The lowest BCUT2D eigenvalue weighted by Crippen LogP contribution is -2.25. The van der Waals surface area contributed by atoms with E-state index < -0.39 is 10.0 Å². The zero-order valence-corrected chi connectivity index (χ0v) is 10.9. The second-order valence-corrected chi connectivity index (χ2v) is 6.63. The molecule has 0 amide bonds. The van der Waals surface area contributed by atoms with Crippen LogP contribution < -0.4 is 10.5 Å². The summed E-state index contributed by atoms with van der Waals surface area (Å²) in [6, 6.07) is 4.92. The van der Waals surface area contributed by atoms with Gasteiger partial charge in [-0.1, -0.05) is 30.5 Å². The largest absolute Gasteiger partial charge is 0.397 e. The fraction of sp³-hybridized carbons (Fsp3) is 0.455. The Bertz CT molecular complexity index is 490. The summed E-state index contributed by atoms with van der Waals surface area (Å²) in [5.74, 6) is 0. The first kappa shape index (κ1) is 12.5. The molecule has 1 aliphatic rings. The minimum Gasteiger partial charge on any atom is -0.397 e. The van der Waals surface area contributed by atoms with Crippen molar-refractivity contribution >= 4 is 33.0 Å². The molecule has 0 unspecified atom stereocenters. The second-order valence-electron chi connectivity index (χ2n) is 4.26. The summed E-state index contributed by atoms with van der Waals surface area (Å²) in [5.41, 5.74) is 6.35. The Morgan fingerprint density at radius 1 is 1.29 bits per heavy atom. The highest BCUT2D eigenvalue weighted by atomic mass is 35.5. The van der Waals surface area contributed by atoms with Crippen LogP contribution in [0.2, 0.25) is 5.02 Å². The lowest BCUT2D eigenvalue weighted by molar-refractivity contribution is 0.585. The van der Waals surface area contributed by atoms with Crippen molar-refractivity contribution in [2.75, 3.05) is 10.5 Å². The van der Waals surface area contributed by atoms with Crippen molar-refractivity contribution in [3.63, 3.8) is 0 Å². The molecule has 0 bridgehead atoms. The standard InChI is InChI=1S/C11H15ClN2O2S/c12-9-6-3-7-10(13)11(9)14-17(15,16)8-4-1-2-5-8/h3,6-8,14H,1-2,4-5,13H2. The van der Waals surface area contributed by atoms with Crippen molar-refractivity contribution in [2.45, 2.75) is 30.9 Å². The van der Waals surface area contributed by atoms with Crippen molar-refractivity contribution in [1.82, 2.24) is 0 Å². The third kappa shape index (κ3) is 2.66. The summed E-state index contributed by atoms with van der Waals surface area (Å²) in [5, 5.41) is 0.00439. The van der Waals surface area contributed by atoms with E-state index in [9.17, 15) is 8.42 Å².